The van der Waals surface area contributed by atoms with Crippen LogP contribution in [0.5, 0.6) is 0 Å². The minimum Gasteiger partial charge on any atom is -0.463 e. The van der Waals surface area contributed by atoms with Gasteiger partial charge in [0.2, 0.25) is 0 Å². The van der Waals surface area contributed by atoms with E-state index in [0.29, 0.717) is 17.6 Å². The SMILES string of the molecule is C=CCCCCCCCCC(=O)OC[C@H]1O[C@@H](n2cnc3c(N)ncnc32)[C@H](O)[C@@H]1O. The van der Waals surface area contributed by atoms with Crippen molar-refractivity contribution in [2.24, 2.45) is 0 Å². The molecule has 170 valence electrons. The number of hydrogen-bond acceptors (Lipinski definition) is 9. The molecule has 0 spiro atoms. The number of nitrogen functional groups attached to an aromatic ring is 1. The third kappa shape index (κ3) is 5.78. The minimum absolute atomic E-state index is 0.140. The predicted molar refractivity (Wildman–Crippen MR) is 114 cm³/mol. The Morgan fingerprint density at radius 3 is 2.68 bits per heavy atom. The Bertz CT molecular complexity index is 873. The molecule has 0 saturated carbocycles. The molecule has 0 bridgehead atoms. The molecule has 1 saturated heterocycles. The molecular weight excluding hydrogens is 402 g/mol. The molecule has 1 aliphatic heterocycles. The Labute approximate surface area is 181 Å². The number of rotatable bonds is 12. The zero-order valence-electron chi connectivity index (χ0n) is 17.6. The van der Waals surface area contributed by atoms with Gasteiger partial charge in [0.25, 0.3) is 0 Å². The lowest BCUT2D eigenvalue weighted by Crippen LogP contribution is -2.34. The number of fused-ring (bicyclic) bond motifs is 1. The molecule has 10 heteroatoms. The van der Waals surface area contributed by atoms with E-state index in [1.165, 1.54) is 23.6 Å². The monoisotopic (exact) mass is 433 g/mol. The molecule has 0 aromatic carbocycles. The van der Waals surface area contributed by atoms with Crippen LogP contribution < -0.4 is 5.73 Å². The van der Waals surface area contributed by atoms with Crippen LogP contribution in [0.25, 0.3) is 11.2 Å². The van der Waals surface area contributed by atoms with Crippen molar-refractivity contribution in [1.29, 1.82) is 0 Å². The summed E-state index contributed by atoms with van der Waals surface area (Å²) in [4.78, 5) is 24.1. The smallest absolute Gasteiger partial charge is 0.305 e. The number of aliphatic hydroxyl groups excluding tert-OH is 2. The number of allylic oxidation sites excluding steroid dienone is 1. The first-order valence-corrected chi connectivity index (χ1v) is 10.7. The zero-order chi connectivity index (χ0) is 22.2. The number of anilines is 1. The second-order valence-electron chi connectivity index (χ2n) is 7.76. The van der Waals surface area contributed by atoms with Gasteiger partial charge in [0, 0.05) is 6.42 Å². The van der Waals surface area contributed by atoms with Gasteiger partial charge in [-0.15, -0.1) is 6.58 Å². The highest BCUT2D eigenvalue weighted by atomic mass is 16.6. The van der Waals surface area contributed by atoms with Gasteiger partial charge in [0.15, 0.2) is 17.7 Å². The molecule has 1 fully saturated rings. The molecule has 31 heavy (non-hydrogen) atoms. The highest BCUT2D eigenvalue weighted by Crippen LogP contribution is 2.32. The Morgan fingerprint density at radius 1 is 1.16 bits per heavy atom. The summed E-state index contributed by atoms with van der Waals surface area (Å²) in [6, 6.07) is 0. The number of imidazole rings is 1. The average Bonchev–Trinajstić information content (AvgIpc) is 3.31. The van der Waals surface area contributed by atoms with E-state index in [4.69, 9.17) is 15.2 Å². The Morgan fingerprint density at radius 2 is 1.90 bits per heavy atom. The Hall–Kier alpha value is -2.56. The molecule has 4 N–H and O–H groups in total. The van der Waals surface area contributed by atoms with E-state index in [2.05, 4.69) is 21.5 Å². The summed E-state index contributed by atoms with van der Waals surface area (Å²) in [5.41, 5.74) is 6.54. The minimum atomic E-state index is -1.24. The van der Waals surface area contributed by atoms with Crippen molar-refractivity contribution in [1.82, 2.24) is 19.5 Å². The van der Waals surface area contributed by atoms with Crippen LogP contribution in [0.2, 0.25) is 0 Å². The molecule has 10 nitrogen and oxygen atoms in total. The maximum Gasteiger partial charge on any atom is 0.305 e. The fourth-order valence-corrected chi connectivity index (χ4v) is 3.67. The molecule has 3 rings (SSSR count). The lowest BCUT2D eigenvalue weighted by atomic mass is 10.1. The van der Waals surface area contributed by atoms with Gasteiger partial charge in [0.1, 0.15) is 36.8 Å². The summed E-state index contributed by atoms with van der Waals surface area (Å²) in [5.74, 6) is -0.131. The number of esters is 1. The van der Waals surface area contributed by atoms with Crippen molar-refractivity contribution in [3.63, 3.8) is 0 Å². The molecule has 0 unspecified atom stereocenters. The highest BCUT2D eigenvalue weighted by Gasteiger charge is 2.44. The van der Waals surface area contributed by atoms with Crippen LogP contribution in [-0.2, 0) is 14.3 Å². The Kier molecular flexibility index (Phi) is 8.33. The van der Waals surface area contributed by atoms with E-state index < -0.39 is 24.5 Å². The third-order valence-corrected chi connectivity index (χ3v) is 5.45. The van der Waals surface area contributed by atoms with Crippen molar-refractivity contribution in [3.8, 4) is 0 Å². The number of nitrogens with two attached hydrogens (primary N) is 1. The summed E-state index contributed by atoms with van der Waals surface area (Å²) in [6.07, 6.45) is 8.11. The van der Waals surface area contributed by atoms with Gasteiger partial charge in [-0.3, -0.25) is 9.36 Å². The number of nitrogens with zero attached hydrogens (tertiary/aromatic N) is 4. The molecule has 0 amide bonds. The maximum absolute atomic E-state index is 12.0. The van der Waals surface area contributed by atoms with Gasteiger partial charge in [-0.05, 0) is 19.3 Å². The van der Waals surface area contributed by atoms with E-state index in [0.717, 1.165) is 38.5 Å². The topological polar surface area (TPSA) is 146 Å². The van der Waals surface area contributed by atoms with Gasteiger partial charge < -0.3 is 25.4 Å². The number of ether oxygens (including phenoxy) is 2. The number of unbranched alkanes of at least 4 members (excludes halogenated alkanes) is 6. The van der Waals surface area contributed by atoms with Crippen LogP contribution in [0.3, 0.4) is 0 Å². The normalized spacial score (nSPS) is 23.3. The zero-order valence-corrected chi connectivity index (χ0v) is 17.6. The van der Waals surface area contributed by atoms with Gasteiger partial charge in [-0.2, -0.15) is 0 Å². The number of carbonyl (C=O) groups excluding carboxylic acids is 1. The second-order valence-corrected chi connectivity index (χ2v) is 7.76. The van der Waals surface area contributed by atoms with Crippen molar-refractivity contribution in [2.45, 2.75) is 75.9 Å². The predicted octanol–water partition coefficient (Wildman–Crippen LogP) is 1.88. The molecule has 0 aliphatic carbocycles. The number of hydrogen-bond donors (Lipinski definition) is 3. The van der Waals surface area contributed by atoms with Crippen LogP contribution in [0.4, 0.5) is 5.82 Å². The summed E-state index contributed by atoms with van der Waals surface area (Å²) in [6.45, 7) is 3.57. The molecule has 0 radical (unpaired) electrons. The van der Waals surface area contributed by atoms with E-state index in [1.807, 2.05) is 6.08 Å². The van der Waals surface area contributed by atoms with Crippen LogP contribution in [-0.4, -0.2) is 60.6 Å². The molecule has 2 aromatic heterocycles. The van der Waals surface area contributed by atoms with E-state index in [1.54, 1.807) is 0 Å². The van der Waals surface area contributed by atoms with Gasteiger partial charge in [-0.25, -0.2) is 15.0 Å². The van der Waals surface area contributed by atoms with E-state index in [-0.39, 0.29) is 18.4 Å². The van der Waals surface area contributed by atoms with E-state index in [9.17, 15) is 15.0 Å². The first-order valence-electron chi connectivity index (χ1n) is 10.7. The molecule has 1 aliphatic rings. The second kappa shape index (κ2) is 11.2. The van der Waals surface area contributed by atoms with Crippen LogP contribution in [0.15, 0.2) is 25.3 Å². The van der Waals surface area contributed by atoms with Crippen molar-refractivity contribution in [3.05, 3.63) is 25.3 Å². The average molecular weight is 434 g/mol. The molecular formula is C21H31N5O5. The van der Waals surface area contributed by atoms with Gasteiger partial charge in [-0.1, -0.05) is 31.8 Å². The molecule has 3 heterocycles. The first kappa shape index (κ1) is 23.1. The lowest BCUT2D eigenvalue weighted by molar-refractivity contribution is -0.150. The summed E-state index contributed by atoms with van der Waals surface area (Å²) >= 11 is 0. The van der Waals surface area contributed by atoms with Gasteiger partial charge >= 0.3 is 5.97 Å². The summed E-state index contributed by atoms with van der Waals surface area (Å²) < 4.78 is 12.5. The number of aromatic nitrogens is 4. The molecule has 4 atom stereocenters. The van der Waals surface area contributed by atoms with Gasteiger partial charge in [0.05, 0.1) is 6.33 Å². The third-order valence-electron chi connectivity index (χ3n) is 5.45. The summed E-state index contributed by atoms with van der Waals surface area (Å²) in [5, 5.41) is 20.8. The molecule has 2 aromatic rings. The largest absolute Gasteiger partial charge is 0.463 e. The van der Waals surface area contributed by atoms with E-state index >= 15 is 0 Å². The van der Waals surface area contributed by atoms with Crippen molar-refractivity contribution in [2.75, 3.05) is 12.3 Å². The number of aliphatic hydroxyl groups is 2. The summed E-state index contributed by atoms with van der Waals surface area (Å²) in [7, 11) is 0. The fraction of sp³-hybridized carbons (Fsp3) is 0.619. The fourth-order valence-electron chi connectivity index (χ4n) is 3.67. The van der Waals surface area contributed by atoms with Crippen LogP contribution >= 0.6 is 0 Å². The van der Waals surface area contributed by atoms with Crippen molar-refractivity contribution >= 4 is 23.0 Å². The Balaban J connectivity index is 1.42. The first-order chi connectivity index (χ1) is 15.0. The van der Waals surface area contributed by atoms with Crippen molar-refractivity contribution < 1.29 is 24.5 Å². The number of carbonyl (C=O) groups is 1. The highest BCUT2D eigenvalue weighted by molar-refractivity contribution is 5.81. The maximum atomic E-state index is 12.0. The standard InChI is InChI=1S/C21H31N5O5/c1-2-3-4-5-6-7-8-9-10-15(27)30-11-14-17(28)18(29)21(31-14)26-13-25-16-19(22)23-12-24-20(16)26/h2,12-14,17-18,21,28-29H,1,3-11H2,(H2,22,23,24)/t14-,17-,18-,21-/m1/s1. The quantitative estimate of drug-likeness (QED) is 0.259. The van der Waals surface area contributed by atoms with Crippen LogP contribution in [0.1, 0.15) is 57.6 Å². The van der Waals surface area contributed by atoms with Crippen LogP contribution in [0, 0.1) is 0 Å². The lowest BCUT2D eigenvalue weighted by Gasteiger charge is -2.16.